The molecule has 2 aromatic heterocycles. The number of ether oxygens (including phenoxy) is 8. The summed E-state index contributed by atoms with van der Waals surface area (Å²) in [6, 6.07) is 9.90. The van der Waals surface area contributed by atoms with E-state index in [2.05, 4.69) is 20.6 Å². The molecule has 0 aliphatic carbocycles. The molecule has 20 nitrogen and oxygen atoms in total. The first-order valence-electron chi connectivity index (χ1n) is 24.3. The van der Waals surface area contributed by atoms with Crippen molar-refractivity contribution >= 4 is 24.0 Å². The molecule has 4 unspecified atom stereocenters. The SMILES string of the molecule is COCCOc1c(-c2ccc(-c3cnc(C4CCCN4C(=O)C(NC(=O)OC)C4CCOCC4)[nH]3)cc2)ccc(-c2cnc(C3CCCN3C(=O)C(NC(=O)OC)C3CCOCC3)[nH]2)c1OCCOC. The second-order valence-electron chi connectivity index (χ2n) is 17.9. The third kappa shape index (κ3) is 11.5. The first-order valence-corrected chi connectivity index (χ1v) is 24.3. The van der Waals surface area contributed by atoms with Gasteiger partial charge in [-0.15, -0.1) is 0 Å². The van der Waals surface area contributed by atoms with Gasteiger partial charge in [-0.05, 0) is 86.5 Å². The van der Waals surface area contributed by atoms with Gasteiger partial charge >= 0.3 is 12.2 Å². The maximum Gasteiger partial charge on any atom is 0.407 e. The summed E-state index contributed by atoms with van der Waals surface area (Å²) in [6.07, 6.45) is 7.90. The predicted octanol–water partition coefficient (Wildman–Crippen LogP) is 5.81. The van der Waals surface area contributed by atoms with E-state index >= 15 is 0 Å². The molecule has 0 spiro atoms. The van der Waals surface area contributed by atoms with Crippen LogP contribution in [0.15, 0.2) is 48.8 Å². The second-order valence-corrected chi connectivity index (χ2v) is 17.9. The number of alkyl carbamates (subject to hydrolysis) is 2. The number of hydrogen-bond donors (Lipinski definition) is 4. The molecule has 4 atom stereocenters. The Balaban J connectivity index is 1.04. The number of likely N-dealkylation sites (tertiary alicyclic amines) is 2. The number of benzene rings is 2. The van der Waals surface area contributed by atoms with Crippen LogP contribution in [0.3, 0.4) is 0 Å². The minimum Gasteiger partial charge on any atom is -0.487 e. The van der Waals surface area contributed by atoms with Gasteiger partial charge in [-0.1, -0.05) is 24.3 Å². The van der Waals surface area contributed by atoms with Crippen molar-refractivity contribution in [1.82, 2.24) is 40.4 Å². The van der Waals surface area contributed by atoms with Gasteiger partial charge in [-0.3, -0.25) is 9.59 Å². The van der Waals surface area contributed by atoms with Gasteiger partial charge in [0.15, 0.2) is 11.5 Å². The largest absolute Gasteiger partial charge is 0.487 e. The highest BCUT2D eigenvalue weighted by Crippen LogP contribution is 2.46. The summed E-state index contributed by atoms with van der Waals surface area (Å²) in [5.41, 5.74) is 4.72. The lowest BCUT2D eigenvalue weighted by molar-refractivity contribution is -0.137. The zero-order valence-corrected chi connectivity index (χ0v) is 40.5. The summed E-state index contributed by atoms with van der Waals surface area (Å²) in [5.74, 6) is 1.84. The lowest BCUT2D eigenvalue weighted by Gasteiger charge is -2.34. The van der Waals surface area contributed by atoms with Crippen molar-refractivity contribution in [1.29, 1.82) is 0 Å². The fourth-order valence-electron chi connectivity index (χ4n) is 10.1. The molecule has 4 aromatic rings. The van der Waals surface area contributed by atoms with Gasteiger partial charge in [-0.25, -0.2) is 19.6 Å². The van der Waals surface area contributed by atoms with Crippen molar-refractivity contribution in [3.63, 3.8) is 0 Å². The van der Waals surface area contributed by atoms with Crippen molar-refractivity contribution in [2.75, 3.05) is 94.4 Å². The molecule has 20 heteroatoms. The Morgan fingerprint density at radius 2 is 1.04 bits per heavy atom. The van der Waals surface area contributed by atoms with Gasteiger partial charge < -0.3 is 68.3 Å². The van der Waals surface area contributed by atoms with E-state index in [9.17, 15) is 19.2 Å². The highest BCUT2D eigenvalue weighted by atomic mass is 16.6. The highest BCUT2D eigenvalue weighted by Gasteiger charge is 2.42. The molecule has 4 N–H and O–H groups in total. The number of imidazole rings is 2. The van der Waals surface area contributed by atoms with Crippen LogP contribution in [-0.4, -0.2) is 160 Å². The number of nitrogens with one attached hydrogen (secondary N) is 4. The zero-order chi connectivity index (χ0) is 49.0. The normalized spacial score (nSPS) is 19.7. The number of aromatic amines is 2. The number of carbonyl (C=O) groups excluding carboxylic acids is 4. The number of aromatic nitrogens is 4. The standard InChI is InChI=1S/C50H66N8O12/c1-63-25-27-69-43-35(31-9-11-32(12-10-31)37-29-51-45(53-37)39-7-5-19-57(39)47(59)41(55-49(61)65-3)33-15-21-67-22-16-33)13-14-36(44(43)70-28-26-64-2)38-30-52-46(54-38)40-8-6-20-58(40)48(60)42(56-50(62)66-4)34-17-23-68-24-18-34/h9-14,29-30,33-34,39-42H,5-8,15-28H2,1-4H3,(H,51,53)(H,52,54)(H,55,61)(H,56,62). The Morgan fingerprint density at radius 3 is 1.53 bits per heavy atom. The van der Waals surface area contributed by atoms with E-state index in [-0.39, 0.29) is 48.9 Å². The van der Waals surface area contributed by atoms with Crippen LogP contribution < -0.4 is 20.1 Å². The van der Waals surface area contributed by atoms with E-state index in [1.807, 2.05) is 46.2 Å². The summed E-state index contributed by atoms with van der Waals surface area (Å²) >= 11 is 0. The lowest BCUT2D eigenvalue weighted by atomic mass is 9.90. The summed E-state index contributed by atoms with van der Waals surface area (Å²) < 4.78 is 44.7. The summed E-state index contributed by atoms with van der Waals surface area (Å²) in [5, 5.41) is 5.63. The molecule has 4 amide bonds. The summed E-state index contributed by atoms with van der Waals surface area (Å²) in [7, 11) is 5.82. The van der Waals surface area contributed by atoms with Crippen LogP contribution in [-0.2, 0) is 38.0 Å². The molecule has 378 valence electrons. The van der Waals surface area contributed by atoms with E-state index in [1.54, 1.807) is 26.6 Å². The highest BCUT2D eigenvalue weighted by molar-refractivity contribution is 5.88. The molecule has 8 rings (SSSR count). The molecule has 4 fully saturated rings. The Bertz CT molecular complexity index is 2380. The number of H-pyrrole nitrogens is 2. The molecule has 70 heavy (non-hydrogen) atoms. The van der Waals surface area contributed by atoms with Crippen molar-refractivity contribution in [3.05, 3.63) is 60.4 Å². The number of nitrogens with zero attached hydrogens (tertiary/aromatic N) is 4. The topological polar surface area (TPSA) is 230 Å². The van der Waals surface area contributed by atoms with E-state index in [4.69, 9.17) is 47.9 Å². The molecular weight excluding hydrogens is 905 g/mol. The number of carbonyl (C=O) groups is 4. The summed E-state index contributed by atoms with van der Waals surface area (Å²) in [6.45, 7) is 4.35. The lowest BCUT2D eigenvalue weighted by Crippen LogP contribution is -2.53. The van der Waals surface area contributed by atoms with Crippen LogP contribution in [0.1, 0.15) is 75.1 Å². The third-order valence-corrected chi connectivity index (χ3v) is 13.8. The van der Waals surface area contributed by atoms with Gasteiger partial charge in [0.2, 0.25) is 11.8 Å². The fourth-order valence-corrected chi connectivity index (χ4v) is 10.1. The maximum absolute atomic E-state index is 14.3. The summed E-state index contributed by atoms with van der Waals surface area (Å²) in [4.78, 5) is 73.5. The van der Waals surface area contributed by atoms with Crippen LogP contribution in [0.25, 0.3) is 33.6 Å². The van der Waals surface area contributed by atoms with Crippen LogP contribution in [0.5, 0.6) is 11.5 Å². The Kier molecular flexibility index (Phi) is 17.3. The smallest absolute Gasteiger partial charge is 0.407 e. The van der Waals surface area contributed by atoms with E-state index in [1.165, 1.54) is 14.2 Å². The molecule has 4 aliphatic rings. The first kappa shape index (κ1) is 50.2. The molecule has 4 aliphatic heterocycles. The average molecular weight is 971 g/mol. The predicted molar refractivity (Wildman–Crippen MR) is 255 cm³/mol. The minimum absolute atomic E-state index is 0.0619. The van der Waals surface area contributed by atoms with E-state index < -0.39 is 24.3 Å². The Labute approximate surface area is 407 Å². The van der Waals surface area contributed by atoms with Gasteiger partial charge in [-0.2, -0.15) is 0 Å². The third-order valence-electron chi connectivity index (χ3n) is 13.8. The van der Waals surface area contributed by atoms with Crippen molar-refractivity contribution in [2.45, 2.75) is 75.5 Å². The first-order chi connectivity index (χ1) is 34.2. The van der Waals surface area contributed by atoms with Crippen molar-refractivity contribution < 1.29 is 57.1 Å². The molecule has 4 saturated heterocycles. The van der Waals surface area contributed by atoms with Gasteiger partial charge in [0.1, 0.15) is 36.9 Å². The van der Waals surface area contributed by atoms with Gasteiger partial charge in [0.05, 0.1) is 63.3 Å². The van der Waals surface area contributed by atoms with Crippen LogP contribution in [0.4, 0.5) is 9.59 Å². The molecular formula is C50H66N8O12. The molecule has 0 saturated carbocycles. The molecule has 0 bridgehead atoms. The van der Waals surface area contributed by atoms with Crippen LogP contribution in [0.2, 0.25) is 0 Å². The molecule has 2 aromatic carbocycles. The van der Waals surface area contributed by atoms with Gasteiger partial charge in [0, 0.05) is 64.9 Å². The van der Waals surface area contributed by atoms with Gasteiger partial charge in [0.25, 0.3) is 0 Å². The Morgan fingerprint density at radius 1 is 0.600 bits per heavy atom. The maximum atomic E-state index is 14.3. The van der Waals surface area contributed by atoms with Crippen molar-refractivity contribution in [3.8, 4) is 45.1 Å². The van der Waals surface area contributed by atoms with Crippen LogP contribution >= 0.6 is 0 Å². The molecule has 0 radical (unpaired) electrons. The monoisotopic (exact) mass is 970 g/mol. The number of amides is 4. The van der Waals surface area contributed by atoms with E-state index in [0.29, 0.717) is 119 Å². The number of methoxy groups -OCH3 is 4. The minimum atomic E-state index is -0.752. The molecule has 6 heterocycles. The quantitative estimate of drug-likeness (QED) is 0.0813. The second kappa shape index (κ2) is 24.1. The Hall–Kier alpha value is -6.22. The van der Waals surface area contributed by atoms with E-state index in [0.717, 1.165) is 41.6 Å². The zero-order valence-electron chi connectivity index (χ0n) is 40.5. The van der Waals surface area contributed by atoms with Crippen molar-refractivity contribution in [2.24, 2.45) is 11.8 Å². The van der Waals surface area contributed by atoms with Crippen LogP contribution in [0, 0.1) is 11.8 Å². The number of hydrogen-bond acceptors (Lipinski definition) is 14. The average Bonchev–Trinajstić information content (AvgIpc) is 4.26. The number of rotatable bonds is 19. The fraction of sp³-hybridized carbons (Fsp3) is 0.560.